The third-order valence-electron chi connectivity index (χ3n) is 9.38. The van der Waals surface area contributed by atoms with E-state index in [-0.39, 0.29) is 23.7 Å². The van der Waals surface area contributed by atoms with Crippen LogP contribution >= 0.6 is 0 Å². The summed E-state index contributed by atoms with van der Waals surface area (Å²) in [5, 5.41) is 18.7. The summed E-state index contributed by atoms with van der Waals surface area (Å²) in [5.41, 5.74) is 4.91. The summed E-state index contributed by atoms with van der Waals surface area (Å²) < 4.78 is 45.1. The molecule has 5 aromatic rings. The topological polar surface area (TPSA) is 165 Å². The first-order valence-electron chi connectivity index (χ1n) is 16.5. The second-order valence-corrected chi connectivity index (χ2v) is 12.4. The zero-order valence-electron chi connectivity index (χ0n) is 28.7. The quantitative estimate of drug-likeness (QED) is 0.204. The molecule has 2 N–H and O–H groups in total. The number of hydrogen-bond acceptors (Lipinski definition) is 11. The molecule has 51 heavy (non-hydrogen) atoms. The number of carbonyl (C=O) groups is 1. The van der Waals surface area contributed by atoms with Crippen molar-refractivity contribution < 1.29 is 32.6 Å². The number of aromatic amines is 1. The van der Waals surface area contributed by atoms with Crippen LogP contribution in [-0.2, 0) is 21.3 Å². The number of hydrogen-bond donors (Lipinski definition) is 2. The normalized spacial score (nSPS) is 17.7. The number of rotatable bonds is 3. The van der Waals surface area contributed by atoms with E-state index < -0.39 is 12.2 Å². The van der Waals surface area contributed by atoms with E-state index in [0.717, 1.165) is 48.3 Å². The van der Waals surface area contributed by atoms with Crippen LogP contribution in [0.4, 0.5) is 20.3 Å². The van der Waals surface area contributed by atoms with E-state index >= 15 is 0 Å². The van der Waals surface area contributed by atoms with Crippen LogP contribution in [0.15, 0.2) is 39.5 Å². The molecule has 1 atom stereocenters. The Balaban J connectivity index is 0.000000167. The fraction of sp³-hybridized carbons (Fsp3) is 0.429. The second kappa shape index (κ2) is 14.8. The van der Waals surface area contributed by atoms with Gasteiger partial charge in [0, 0.05) is 38.1 Å². The summed E-state index contributed by atoms with van der Waals surface area (Å²) in [6.07, 6.45) is -0.615. The lowest BCUT2D eigenvalue weighted by Crippen LogP contribution is -2.68. The van der Waals surface area contributed by atoms with E-state index in [0.29, 0.717) is 60.2 Å². The van der Waals surface area contributed by atoms with Crippen molar-refractivity contribution >= 4 is 40.0 Å². The van der Waals surface area contributed by atoms with Crippen molar-refractivity contribution in [1.29, 1.82) is 0 Å². The Hall–Kier alpha value is -5.40. The molecular weight excluding hydrogens is 666 g/mol. The largest absolute Gasteiger partial charge is 0.483 e. The number of H-pyrrole nitrogens is 1. The molecule has 8 rings (SSSR count). The van der Waals surface area contributed by atoms with Crippen LogP contribution in [0.5, 0.6) is 0 Å². The SMILES string of the molecule is Cc1nn(C)c(C)c1C#Cc1cc(N2CCOC3(COC3)C2C)c(=O)[nH]n1.FC(F)c1nc(N2CCCC2)c2oc3ccccc3c2n1.O=CO. The Morgan fingerprint density at radius 2 is 1.84 bits per heavy atom. The van der Waals surface area contributed by atoms with Gasteiger partial charge >= 0.3 is 0 Å². The summed E-state index contributed by atoms with van der Waals surface area (Å²) in [5.74, 6) is 6.25. The molecule has 7 heterocycles. The van der Waals surface area contributed by atoms with Crippen molar-refractivity contribution in [2.24, 2.45) is 7.05 Å². The van der Waals surface area contributed by atoms with Gasteiger partial charge in [-0.2, -0.15) is 10.2 Å². The molecule has 0 saturated carbocycles. The molecule has 0 bridgehead atoms. The number of nitrogens with one attached hydrogen (secondary N) is 1. The number of nitrogens with zero attached hydrogens (tertiary/aromatic N) is 7. The summed E-state index contributed by atoms with van der Waals surface area (Å²) in [6, 6.07) is 9.12. The molecule has 268 valence electrons. The van der Waals surface area contributed by atoms with Crippen LogP contribution in [0.1, 0.15) is 54.7 Å². The number of fused-ring (bicyclic) bond motifs is 3. The van der Waals surface area contributed by atoms with Gasteiger partial charge in [0.2, 0.25) is 0 Å². The van der Waals surface area contributed by atoms with E-state index in [2.05, 4.69) is 48.9 Å². The van der Waals surface area contributed by atoms with E-state index in [1.807, 2.05) is 50.1 Å². The van der Waals surface area contributed by atoms with Crippen molar-refractivity contribution in [3.05, 3.63) is 69.2 Å². The zero-order valence-corrected chi connectivity index (χ0v) is 28.7. The predicted octanol–water partition coefficient (Wildman–Crippen LogP) is 4.13. The number of benzene rings is 1. The fourth-order valence-corrected chi connectivity index (χ4v) is 6.49. The molecule has 3 saturated heterocycles. The van der Waals surface area contributed by atoms with Gasteiger partial charge in [-0.15, -0.1) is 0 Å². The summed E-state index contributed by atoms with van der Waals surface area (Å²) >= 11 is 0. The highest BCUT2D eigenvalue weighted by Gasteiger charge is 2.50. The Morgan fingerprint density at radius 1 is 1.12 bits per heavy atom. The highest BCUT2D eigenvalue weighted by molar-refractivity contribution is 6.05. The van der Waals surface area contributed by atoms with Crippen molar-refractivity contribution in [3.63, 3.8) is 0 Å². The van der Waals surface area contributed by atoms with Crippen LogP contribution in [0.25, 0.3) is 22.1 Å². The molecule has 0 aliphatic carbocycles. The Labute approximate surface area is 291 Å². The number of halogens is 2. The van der Waals surface area contributed by atoms with Crippen LogP contribution in [0.2, 0.25) is 0 Å². The van der Waals surface area contributed by atoms with Gasteiger partial charge in [-0.3, -0.25) is 14.3 Å². The predicted molar refractivity (Wildman–Crippen MR) is 184 cm³/mol. The van der Waals surface area contributed by atoms with E-state index in [4.69, 9.17) is 23.8 Å². The summed E-state index contributed by atoms with van der Waals surface area (Å²) in [7, 11) is 1.89. The lowest BCUT2D eigenvalue weighted by atomic mass is 9.90. The number of ether oxygens (including phenoxy) is 2. The second-order valence-electron chi connectivity index (χ2n) is 12.4. The Bertz CT molecular complexity index is 2160. The Morgan fingerprint density at radius 3 is 2.49 bits per heavy atom. The van der Waals surface area contributed by atoms with Crippen LogP contribution in [-0.4, -0.2) is 92.6 Å². The minimum atomic E-state index is -2.69. The number of para-hydroxylation sites is 1. The first kappa shape index (κ1) is 35.4. The molecule has 16 heteroatoms. The molecule has 4 aromatic heterocycles. The van der Waals surface area contributed by atoms with Gasteiger partial charge in [0.25, 0.3) is 18.5 Å². The van der Waals surface area contributed by atoms with Crippen molar-refractivity contribution in [2.45, 2.75) is 51.7 Å². The average molecular weight is 705 g/mol. The van der Waals surface area contributed by atoms with E-state index in [1.165, 1.54) is 0 Å². The molecule has 1 unspecified atom stereocenters. The summed E-state index contributed by atoms with van der Waals surface area (Å²) in [4.78, 5) is 32.9. The van der Waals surface area contributed by atoms with Crippen LogP contribution < -0.4 is 15.4 Å². The van der Waals surface area contributed by atoms with E-state index in [9.17, 15) is 13.6 Å². The number of aryl methyl sites for hydroxylation is 2. The first-order chi connectivity index (χ1) is 24.6. The molecule has 3 aliphatic heterocycles. The number of anilines is 2. The number of aromatic nitrogens is 6. The minimum Gasteiger partial charge on any atom is -0.483 e. The first-order valence-corrected chi connectivity index (χ1v) is 16.5. The lowest BCUT2D eigenvalue weighted by molar-refractivity contribution is -0.228. The van der Waals surface area contributed by atoms with Crippen molar-refractivity contribution in [3.8, 4) is 11.8 Å². The number of morpholine rings is 1. The molecule has 14 nitrogen and oxygen atoms in total. The fourth-order valence-electron chi connectivity index (χ4n) is 6.49. The van der Waals surface area contributed by atoms with Gasteiger partial charge in [0.15, 0.2) is 17.2 Å². The van der Waals surface area contributed by atoms with Gasteiger partial charge in [-0.25, -0.2) is 23.8 Å². The number of alkyl halides is 2. The van der Waals surface area contributed by atoms with Crippen molar-refractivity contribution in [1.82, 2.24) is 29.9 Å². The van der Waals surface area contributed by atoms with Gasteiger partial charge in [-0.05, 0) is 51.7 Å². The average Bonchev–Trinajstić information content (AvgIpc) is 3.82. The monoisotopic (exact) mass is 704 g/mol. The molecule has 1 aromatic carbocycles. The highest BCUT2D eigenvalue weighted by Crippen LogP contribution is 2.36. The zero-order chi connectivity index (χ0) is 36.3. The standard InChI is InChI=1S/C19H23N5O3.C15H13F2N3O.CH2O2/c1-12-16(13(2)23(4)22-12)6-5-15-9-17(18(25)21-20-15)24-7-8-27-19(14(24)3)10-26-11-19;16-13(17)14-18-11-9-5-1-2-6-10(9)21-12(11)15(19-14)20-7-3-4-8-20;2-1-3/h9,14H,7-8,10-11H2,1-4H3,(H,21,25);1-2,5-6,13H,3-4,7-8H2;1H,(H,2,3). The summed E-state index contributed by atoms with van der Waals surface area (Å²) in [6.45, 7) is 9.66. The molecule has 0 amide bonds. The maximum atomic E-state index is 13.1. The third-order valence-corrected chi connectivity index (χ3v) is 9.38. The van der Waals surface area contributed by atoms with Crippen LogP contribution in [0.3, 0.4) is 0 Å². The minimum absolute atomic E-state index is 0.0344. The van der Waals surface area contributed by atoms with Crippen LogP contribution in [0, 0.1) is 25.7 Å². The molecule has 1 spiro atoms. The van der Waals surface area contributed by atoms with E-state index in [1.54, 1.807) is 10.7 Å². The maximum Gasteiger partial charge on any atom is 0.297 e. The van der Waals surface area contributed by atoms with Crippen molar-refractivity contribution in [2.75, 3.05) is 49.3 Å². The molecule has 0 radical (unpaired) electrons. The van der Waals surface area contributed by atoms with Gasteiger partial charge in [0.05, 0.1) is 42.8 Å². The smallest absolute Gasteiger partial charge is 0.297 e. The Kier molecular flexibility index (Phi) is 10.3. The molecule has 3 aliphatic rings. The highest BCUT2D eigenvalue weighted by atomic mass is 19.3. The van der Waals surface area contributed by atoms with Gasteiger partial charge in [-0.1, -0.05) is 18.1 Å². The number of carboxylic acid groups (broad SMARTS) is 1. The molecular formula is C35H38F2N8O6. The number of furan rings is 1. The van der Waals surface area contributed by atoms with Gasteiger partial charge in [0.1, 0.15) is 28.1 Å². The maximum absolute atomic E-state index is 13.1. The molecule has 3 fully saturated rings. The third kappa shape index (κ3) is 6.99. The van der Waals surface area contributed by atoms with Gasteiger partial charge < -0.3 is 28.8 Å². The lowest BCUT2D eigenvalue weighted by Gasteiger charge is -2.53.